The predicted molar refractivity (Wildman–Crippen MR) is 67.0 cm³/mol. The van der Waals surface area contributed by atoms with Gasteiger partial charge < -0.3 is 9.84 Å². The van der Waals surface area contributed by atoms with E-state index in [4.69, 9.17) is 9.84 Å². The molecule has 1 N–H and O–H groups in total. The van der Waals surface area contributed by atoms with E-state index in [1.807, 2.05) is 0 Å². The van der Waals surface area contributed by atoms with Gasteiger partial charge in [-0.2, -0.15) is 0 Å². The number of halogens is 2. The van der Waals surface area contributed by atoms with Crippen LogP contribution in [0.2, 0.25) is 0 Å². The van der Waals surface area contributed by atoms with E-state index in [0.717, 1.165) is 44.2 Å². The Bertz CT molecular complexity index is 525. The lowest BCUT2D eigenvalue weighted by Gasteiger charge is -2.26. The van der Waals surface area contributed by atoms with Crippen LogP contribution < -0.4 is 0 Å². The zero-order valence-corrected chi connectivity index (χ0v) is 11.0. The van der Waals surface area contributed by atoms with Crippen LogP contribution in [-0.4, -0.2) is 16.7 Å². The third kappa shape index (κ3) is 2.20. The van der Waals surface area contributed by atoms with Gasteiger partial charge in [-0.1, -0.05) is 0 Å². The van der Waals surface area contributed by atoms with Gasteiger partial charge in [0.25, 0.3) is 0 Å². The number of aliphatic hydroxyl groups excluding tert-OH is 1. The molecule has 0 unspecified atom stereocenters. The molecule has 2 fully saturated rings. The topological polar surface area (TPSA) is 46.5 Å². The maximum Gasteiger partial charge on any atom is 0.338 e. The highest BCUT2D eigenvalue weighted by Crippen LogP contribution is 2.50. The number of benzene rings is 1. The molecule has 0 spiro atoms. The molecule has 3 rings (SSSR count). The molecular weight excluding hydrogens is 266 g/mol. The molecular formula is C15H16F2O3. The van der Waals surface area contributed by atoms with Gasteiger partial charge in [-0.3, -0.25) is 0 Å². The molecule has 2 aliphatic carbocycles. The van der Waals surface area contributed by atoms with Crippen molar-refractivity contribution in [3.63, 3.8) is 0 Å². The average molecular weight is 282 g/mol. The Labute approximate surface area is 115 Å². The zero-order chi connectivity index (χ0) is 14.3. The zero-order valence-electron chi connectivity index (χ0n) is 11.0. The third-order valence-corrected chi connectivity index (χ3v) is 4.52. The van der Waals surface area contributed by atoms with Crippen LogP contribution in [0.1, 0.15) is 48.0 Å². The van der Waals surface area contributed by atoms with E-state index in [1.165, 1.54) is 0 Å². The van der Waals surface area contributed by atoms with Crippen LogP contribution in [0.15, 0.2) is 12.1 Å². The minimum absolute atomic E-state index is 0.137. The summed E-state index contributed by atoms with van der Waals surface area (Å²) in [6.07, 6.45) is 4.64. The molecule has 3 nitrogen and oxygen atoms in total. The smallest absolute Gasteiger partial charge is 0.338 e. The van der Waals surface area contributed by atoms with Gasteiger partial charge in [-0.05, 0) is 50.2 Å². The van der Waals surface area contributed by atoms with Crippen molar-refractivity contribution in [1.29, 1.82) is 0 Å². The van der Waals surface area contributed by atoms with E-state index < -0.39 is 35.4 Å². The number of ether oxygens (including phenoxy) is 1. The second-order valence-electron chi connectivity index (χ2n) is 5.80. The van der Waals surface area contributed by atoms with Gasteiger partial charge >= 0.3 is 5.97 Å². The molecule has 2 bridgehead atoms. The fourth-order valence-electron chi connectivity index (χ4n) is 3.41. The second-order valence-corrected chi connectivity index (χ2v) is 5.80. The molecule has 0 atom stereocenters. The van der Waals surface area contributed by atoms with Crippen molar-refractivity contribution in [3.8, 4) is 0 Å². The summed E-state index contributed by atoms with van der Waals surface area (Å²) in [5, 5.41) is 8.85. The molecule has 0 radical (unpaired) electrons. The van der Waals surface area contributed by atoms with Crippen LogP contribution in [0.3, 0.4) is 0 Å². The molecule has 0 aromatic heterocycles. The van der Waals surface area contributed by atoms with Gasteiger partial charge in [0.15, 0.2) is 0 Å². The van der Waals surface area contributed by atoms with Gasteiger partial charge in [0.2, 0.25) is 0 Å². The molecule has 0 amide bonds. The van der Waals surface area contributed by atoms with Crippen LogP contribution in [0, 0.1) is 17.6 Å². The normalized spacial score (nSPS) is 27.9. The minimum Gasteiger partial charge on any atom is -0.455 e. The molecule has 20 heavy (non-hydrogen) atoms. The molecule has 0 aliphatic heterocycles. The molecule has 1 aromatic carbocycles. The van der Waals surface area contributed by atoms with Gasteiger partial charge in [-0.25, -0.2) is 13.6 Å². The highest BCUT2D eigenvalue weighted by molar-refractivity contribution is 5.89. The van der Waals surface area contributed by atoms with Gasteiger partial charge in [0.05, 0.1) is 12.2 Å². The number of aliphatic hydroxyl groups is 1. The summed E-state index contributed by atoms with van der Waals surface area (Å²) in [5.74, 6) is -1.91. The minimum atomic E-state index is -0.923. The Morgan fingerprint density at radius 2 is 1.90 bits per heavy atom. The first-order valence-corrected chi connectivity index (χ1v) is 6.85. The highest BCUT2D eigenvalue weighted by atomic mass is 19.1. The Hall–Kier alpha value is -1.49. The SMILES string of the molecule is O=C(OC12CCC(CC1)C2)c1cc(F)c(CO)c(F)c1. The first-order valence-electron chi connectivity index (χ1n) is 6.85. The van der Waals surface area contributed by atoms with Crippen LogP contribution >= 0.6 is 0 Å². The van der Waals surface area contributed by atoms with Crippen LogP contribution in [0.5, 0.6) is 0 Å². The van der Waals surface area contributed by atoms with E-state index >= 15 is 0 Å². The molecule has 2 aliphatic rings. The quantitative estimate of drug-likeness (QED) is 0.867. The Kier molecular flexibility index (Phi) is 3.24. The number of hydrogen-bond acceptors (Lipinski definition) is 3. The lowest BCUT2D eigenvalue weighted by molar-refractivity contribution is -0.0132. The Balaban J connectivity index is 1.81. The van der Waals surface area contributed by atoms with Crippen molar-refractivity contribution in [2.45, 2.75) is 44.3 Å². The number of rotatable bonds is 3. The number of fused-ring (bicyclic) bond motifs is 2. The van der Waals surface area contributed by atoms with Gasteiger partial charge in [0.1, 0.15) is 17.2 Å². The maximum atomic E-state index is 13.6. The number of hydrogen-bond donors (Lipinski definition) is 1. The van der Waals surface area contributed by atoms with E-state index in [9.17, 15) is 13.6 Å². The monoisotopic (exact) mass is 282 g/mol. The summed E-state index contributed by atoms with van der Waals surface area (Å²) < 4.78 is 32.7. The molecule has 0 heterocycles. The maximum absolute atomic E-state index is 13.6. The lowest BCUT2D eigenvalue weighted by Crippen LogP contribution is -2.30. The van der Waals surface area contributed by atoms with E-state index in [0.29, 0.717) is 5.92 Å². The second kappa shape index (κ2) is 4.81. The summed E-state index contributed by atoms with van der Waals surface area (Å²) in [7, 11) is 0. The molecule has 0 saturated heterocycles. The predicted octanol–water partition coefficient (Wildman–Crippen LogP) is 2.95. The highest BCUT2D eigenvalue weighted by Gasteiger charge is 2.47. The van der Waals surface area contributed by atoms with Crippen LogP contribution in [0.4, 0.5) is 8.78 Å². The van der Waals surface area contributed by atoms with Crippen LogP contribution in [-0.2, 0) is 11.3 Å². The molecule has 2 saturated carbocycles. The largest absolute Gasteiger partial charge is 0.455 e. The third-order valence-electron chi connectivity index (χ3n) is 4.52. The summed E-state index contributed by atoms with van der Waals surface area (Å²) in [5.41, 5.74) is -0.993. The van der Waals surface area contributed by atoms with Crippen molar-refractivity contribution < 1.29 is 23.4 Å². The van der Waals surface area contributed by atoms with Crippen molar-refractivity contribution in [1.82, 2.24) is 0 Å². The summed E-state index contributed by atoms with van der Waals surface area (Å²) in [4.78, 5) is 12.1. The van der Waals surface area contributed by atoms with Crippen LogP contribution in [0.25, 0.3) is 0 Å². The van der Waals surface area contributed by atoms with Crippen molar-refractivity contribution >= 4 is 5.97 Å². The number of carbonyl (C=O) groups excluding carboxylic acids is 1. The van der Waals surface area contributed by atoms with Crippen molar-refractivity contribution in [3.05, 3.63) is 34.9 Å². The van der Waals surface area contributed by atoms with Gasteiger partial charge in [0, 0.05) is 5.56 Å². The molecule has 5 heteroatoms. The summed E-state index contributed by atoms with van der Waals surface area (Å²) >= 11 is 0. The Morgan fingerprint density at radius 1 is 1.30 bits per heavy atom. The van der Waals surface area contributed by atoms with Crippen molar-refractivity contribution in [2.75, 3.05) is 0 Å². The van der Waals surface area contributed by atoms with Gasteiger partial charge in [-0.15, -0.1) is 0 Å². The van der Waals surface area contributed by atoms with E-state index in [1.54, 1.807) is 0 Å². The van der Waals surface area contributed by atoms with E-state index in [2.05, 4.69) is 0 Å². The average Bonchev–Trinajstić information content (AvgIpc) is 2.98. The summed E-state index contributed by atoms with van der Waals surface area (Å²) in [6, 6.07) is 1.85. The van der Waals surface area contributed by atoms with E-state index in [-0.39, 0.29) is 5.56 Å². The lowest BCUT2D eigenvalue weighted by atomic mass is 9.97. The number of carbonyl (C=O) groups is 1. The van der Waals surface area contributed by atoms with Crippen molar-refractivity contribution in [2.24, 2.45) is 5.92 Å². The first kappa shape index (κ1) is 13.5. The number of esters is 1. The molecule has 108 valence electrons. The summed E-state index contributed by atoms with van der Waals surface area (Å²) in [6.45, 7) is -0.737. The molecule has 1 aromatic rings. The fraction of sp³-hybridized carbons (Fsp3) is 0.533. The standard InChI is InChI=1S/C15H16F2O3/c16-12-5-10(6-13(17)11(12)8-18)14(19)20-15-3-1-9(7-15)2-4-15/h5-6,9,18H,1-4,7-8H2. The Morgan fingerprint density at radius 3 is 2.35 bits per heavy atom. The first-order chi connectivity index (χ1) is 9.53. The fourth-order valence-corrected chi connectivity index (χ4v) is 3.41.